The summed E-state index contributed by atoms with van der Waals surface area (Å²) in [7, 11) is 0. The summed E-state index contributed by atoms with van der Waals surface area (Å²) in [5.41, 5.74) is 2.62. The Bertz CT molecular complexity index is 957. The van der Waals surface area contributed by atoms with Crippen LogP contribution < -0.4 is 10.1 Å². The largest absolute Gasteiger partial charge is 0.470 e. The van der Waals surface area contributed by atoms with Crippen LogP contribution in [0.5, 0.6) is 5.75 Å². The maximum Gasteiger partial charge on any atom is 0.272 e. The molecule has 1 amide bonds. The number of amides is 1. The highest BCUT2D eigenvalue weighted by atomic mass is 79.9. The number of hydrogen-bond donors (Lipinski definition) is 1. The molecule has 0 fully saturated rings. The molecule has 0 bridgehead atoms. The van der Waals surface area contributed by atoms with Gasteiger partial charge in [0.2, 0.25) is 0 Å². The first kappa shape index (κ1) is 20.4. The van der Waals surface area contributed by atoms with Crippen LogP contribution in [0.4, 0.5) is 0 Å². The number of hydrogen-bond acceptors (Lipinski definition) is 3. The molecule has 2 aromatic carbocycles. The minimum Gasteiger partial charge on any atom is -0.470 e. The second-order valence-corrected chi connectivity index (χ2v) is 7.72. The van der Waals surface area contributed by atoms with Crippen LogP contribution in [0.1, 0.15) is 41.0 Å². The lowest BCUT2D eigenvalue weighted by molar-refractivity contribution is 0.0928. The third kappa shape index (κ3) is 5.14. The molecule has 146 valence electrons. The molecule has 0 spiro atoms. The Morgan fingerprint density at radius 2 is 2.00 bits per heavy atom. The number of nitrogens with one attached hydrogen (secondary N) is 1. The molecule has 1 N–H and O–H groups in total. The predicted octanol–water partition coefficient (Wildman–Crippen LogP) is 5.53. The van der Waals surface area contributed by atoms with Gasteiger partial charge in [-0.2, -0.15) is 5.10 Å². The molecule has 28 heavy (non-hydrogen) atoms. The number of aromatic nitrogens is 2. The van der Waals surface area contributed by atoms with Gasteiger partial charge in [0.05, 0.1) is 10.5 Å². The summed E-state index contributed by atoms with van der Waals surface area (Å²) in [5.74, 6) is 0.440. The zero-order chi connectivity index (χ0) is 20.1. The van der Waals surface area contributed by atoms with Crippen molar-refractivity contribution in [3.8, 4) is 5.75 Å². The fraction of sp³-hybridized carbons (Fsp3) is 0.238. The van der Waals surface area contributed by atoms with E-state index in [1.54, 1.807) is 35.1 Å². The van der Waals surface area contributed by atoms with E-state index in [9.17, 15) is 4.79 Å². The molecule has 3 rings (SSSR count). The molecule has 0 saturated carbocycles. The van der Waals surface area contributed by atoms with Crippen molar-refractivity contribution < 1.29 is 9.53 Å². The summed E-state index contributed by atoms with van der Waals surface area (Å²) in [5, 5.41) is 7.97. The fourth-order valence-corrected chi connectivity index (χ4v) is 3.53. The number of nitrogens with zero attached hydrogens (tertiary/aromatic N) is 2. The van der Waals surface area contributed by atoms with Crippen LogP contribution in [0.15, 0.2) is 59.2 Å². The van der Waals surface area contributed by atoms with Crippen LogP contribution >= 0.6 is 27.5 Å². The molecule has 5 nitrogen and oxygen atoms in total. The van der Waals surface area contributed by atoms with Crippen molar-refractivity contribution in [2.75, 3.05) is 0 Å². The van der Waals surface area contributed by atoms with Gasteiger partial charge in [0.1, 0.15) is 11.4 Å². The number of carbonyl (C=O) groups is 1. The first-order valence-corrected chi connectivity index (χ1v) is 10.1. The van der Waals surface area contributed by atoms with Crippen LogP contribution in [0.25, 0.3) is 0 Å². The normalized spacial score (nSPS) is 11.9. The Morgan fingerprint density at radius 3 is 2.68 bits per heavy atom. The van der Waals surface area contributed by atoms with E-state index in [0.717, 1.165) is 16.5 Å². The topological polar surface area (TPSA) is 56.2 Å². The maximum atomic E-state index is 12.6. The van der Waals surface area contributed by atoms with Gasteiger partial charge in [-0.05, 0) is 59.1 Å². The molecule has 0 saturated heterocycles. The smallest absolute Gasteiger partial charge is 0.272 e. The monoisotopic (exact) mass is 461 g/mol. The van der Waals surface area contributed by atoms with Crippen molar-refractivity contribution in [3.05, 3.63) is 81.0 Å². The van der Waals surface area contributed by atoms with Crippen molar-refractivity contribution in [3.63, 3.8) is 0 Å². The van der Waals surface area contributed by atoms with Gasteiger partial charge in [-0.3, -0.25) is 4.79 Å². The van der Waals surface area contributed by atoms with E-state index < -0.39 is 0 Å². The molecular weight excluding hydrogens is 442 g/mol. The second-order valence-electron chi connectivity index (χ2n) is 6.43. The van der Waals surface area contributed by atoms with Crippen LogP contribution in [-0.2, 0) is 6.73 Å². The van der Waals surface area contributed by atoms with Gasteiger partial charge in [-0.1, -0.05) is 48.4 Å². The lowest BCUT2D eigenvalue weighted by Gasteiger charge is -2.17. The Kier molecular flexibility index (Phi) is 6.75. The van der Waals surface area contributed by atoms with Crippen molar-refractivity contribution in [2.45, 2.75) is 33.0 Å². The van der Waals surface area contributed by atoms with Crippen molar-refractivity contribution in [1.82, 2.24) is 15.1 Å². The summed E-state index contributed by atoms with van der Waals surface area (Å²) >= 11 is 9.34. The van der Waals surface area contributed by atoms with Crippen LogP contribution in [-0.4, -0.2) is 15.7 Å². The molecular formula is C21H21BrClN3O2. The van der Waals surface area contributed by atoms with E-state index in [1.165, 1.54) is 5.56 Å². The number of rotatable bonds is 7. The van der Waals surface area contributed by atoms with Gasteiger partial charge in [-0.15, -0.1) is 0 Å². The minimum absolute atomic E-state index is 0.0560. The third-order valence-corrected chi connectivity index (χ3v) is 5.17. The summed E-state index contributed by atoms with van der Waals surface area (Å²) in [6, 6.07) is 15.1. The Labute approximate surface area is 177 Å². The molecule has 1 atom stereocenters. The zero-order valence-electron chi connectivity index (χ0n) is 15.7. The quantitative estimate of drug-likeness (QED) is 0.502. The summed E-state index contributed by atoms with van der Waals surface area (Å²) in [6.07, 6.45) is 2.51. The van der Waals surface area contributed by atoms with E-state index in [2.05, 4.69) is 26.3 Å². The summed E-state index contributed by atoms with van der Waals surface area (Å²) in [4.78, 5) is 12.6. The standard InChI is InChI=1S/C21H21BrClN3O2/c1-3-18(15-6-4-14(2)5-7-15)24-21(27)19-10-11-26(25-19)13-28-20-9-8-16(23)12-17(20)22/h4-12,18H,3,13H2,1-2H3,(H,24,27). The average Bonchev–Trinajstić information content (AvgIpc) is 3.15. The molecule has 0 radical (unpaired) electrons. The van der Waals surface area contributed by atoms with E-state index >= 15 is 0 Å². The molecule has 1 unspecified atom stereocenters. The van der Waals surface area contributed by atoms with Gasteiger partial charge < -0.3 is 10.1 Å². The Balaban J connectivity index is 1.62. The van der Waals surface area contributed by atoms with Gasteiger partial charge in [-0.25, -0.2) is 4.68 Å². The molecule has 1 aromatic heterocycles. The highest BCUT2D eigenvalue weighted by molar-refractivity contribution is 9.10. The first-order valence-electron chi connectivity index (χ1n) is 8.95. The molecule has 3 aromatic rings. The van der Waals surface area contributed by atoms with Crippen molar-refractivity contribution in [1.29, 1.82) is 0 Å². The number of carbonyl (C=O) groups excluding carboxylic acids is 1. The van der Waals surface area contributed by atoms with Gasteiger partial charge >= 0.3 is 0 Å². The fourth-order valence-electron chi connectivity index (χ4n) is 2.73. The molecule has 0 aliphatic heterocycles. The average molecular weight is 463 g/mol. The van der Waals surface area contributed by atoms with E-state index in [0.29, 0.717) is 16.5 Å². The lowest BCUT2D eigenvalue weighted by Crippen LogP contribution is -2.28. The highest BCUT2D eigenvalue weighted by Crippen LogP contribution is 2.28. The zero-order valence-corrected chi connectivity index (χ0v) is 18.0. The maximum absolute atomic E-state index is 12.6. The Morgan fingerprint density at radius 1 is 1.25 bits per heavy atom. The molecule has 0 aliphatic rings. The van der Waals surface area contributed by atoms with E-state index in [4.69, 9.17) is 16.3 Å². The third-order valence-electron chi connectivity index (χ3n) is 4.31. The predicted molar refractivity (Wildman–Crippen MR) is 114 cm³/mol. The molecule has 0 aliphatic carbocycles. The van der Waals surface area contributed by atoms with Crippen LogP contribution in [0, 0.1) is 6.92 Å². The Hall–Kier alpha value is -2.31. The van der Waals surface area contributed by atoms with E-state index in [-0.39, 0.29) is 18.7 Å². The van der Waals surface area contributed by atoms with Crippen LogP contribution in [0.3, 0.4) is 0 Å². The van der Waals surface area contributed by atoms with Crippen molar-refractivity contribution in [2.24, 2.45) is 0 Å². The second kappa shape index (κ2) is 9.26. The van der Waals surface area contributed by atoms with Crippen LogP contribution in [0.2, 0.25) is 5.02 Å². The van der Waals surface area contributed by atoms with Crippen molar-refractivity contribution >= 4 is 33.4 Å². The minimum atomic E-state index is -0.209. The highest BCUT2D eigenvalue weighted by Gasteiger charge is 2.16. The molecule has 7 heteroatoms. The summed E-state index contributed by atoms with van der Waals surface area (Å²) < 4.78 is 8.05. The van der Waals surface area contributed by atoms with Gasteiger partial charge in [0, 0.05) is 11.2 Å². The number of ether oxygens (including phenoxy) is 1. The summed E-state index contributed by atoms with van der Waals surface area (Å²) in [6.45, 7) is 4.27. The van der Waals surface area contributed by atoms with Gasteiger partial charge in [0.15, 0.2) is 6.73 Å². The number of halogens is 2. The molecule has 1 heterocycles. The number of aryl methyl sites for hydroxylation is 1. The van der Waals surface area contributed by atoms with E-state index in [1.807, 2.05) is 38.1 Å². The number of benzene rings is 2. The first-order chi connectivity index (χ1) is 13.5. The van der Waals surface area contributed by atoms with Gasteiger partial charge in [0.25, 0.3) is 5.91 Å². The SMILES string of the molecule is CCC(NC(=O)c1ccn(COc2ccc(Cl)cc2Br)n1)c1ccc(C)cc1. The lowest BCUT2D eigenvalue weighted by atomic mass is 10.0.